The standard InChI is InChI=1S/C21H15NO2/c23-15-10-11-20(24)17(13-15)21-16-8-4-5-9-18(16)22-19(21)12-14-6-2-1-3-7-14/h1-11,13,22H,12H2. The van der Waals surface area contributed by atoms with Crippen molar-refractivity contribution in [3.05, 3.63) is 89.6 Å². The largest absolute Gasteiger partial charge is 0.358 e. The summed E-state index contributed by atoms with van der Waals surface area (Å²) in [6.07, 6.45) is 4.78. The highest BCUT2D eigenvalue weighted by atomic mass is 16.1. The van der Waals surface area contributed by atoms with E-state index < -0.39 is 0 Å². The lowest BCUT2D eigenvalue weighted by Crippen LogP contribution is -2.08. The summed E-state index contributed by atoms with van der Waals surface area (Å²) in [5.41, 5.74) is 4.36. The number of allylic oxidation sites excluding steroid dienone is 4. The smallest absolute Gasteiger partial charge is 0.186 e. The van der Waals surface area contributed by atoms with Gasteiger partial charge in [0.15, 0.2) is 11.6 Å². The molecule has 24 heavy (non-hydrogen) atoms. The van der Waals surface area contributed by atoms with Crippen LogP contribution in [0.3, 0.4) is 0 Å². The molecule has 1 aromatic heterocycles. The van der Waals surface area contributed by atoms with Crippen molar-refractivity contribution in [3.8, 4) is 0 Å². The van der Waals surface area contributed by atoms with Crippen LogP contribution in [0.1, 0.15) is 16.8 Å². The van der Waals surface area contributed by atoms with E-state index in [1.807, 2.05) is 42.5 Å². The number of rotatable bonds is 3. The van der Waals surface area contributed by atoms with Gasteiger partial charge < -0.3 is 4.98 Å². The third-order valence-corrected chi connectivity index (χ3v) is 4.23. The maximum absolute atomic E-state index is 12.4. The molecule has 0 aliphatic heterocycles. The van der Waals surface area contributed by atoms with Crippen molar-refractivity contribution >= 4 is 28.0 Å². The van der Waals surface area contributed by atoms with Crippen LogP contribution in [0.25, 0.3) is 16.5 Å². The minimum absolute atomic E-state index is 0.131. The topological polar surface area (TPSA) is 49.9 Å². The fraction of sp³-hybridized carbons (Fsp3) is 0.0476. The van der Waals surface area contributed by atoms with Gasteiger partial charge in [-0.15, -0.1) is 0 Å². The Morgan fingerprint density at radius 1 is 0.833 bits per heavy atom. The number of ketones is 2. The molecule has 0 unspecified atom stereocenters. The van der Waals surface area contributed by atoms with Crippen molar-refractivity contribution in [3.63, 3.8) is 0 Å². The van der Waals surface area contributed by atoms with Gasteiger partial charge in [-0.2, -0.15) is 0 Å². The lowest BCUT2D eigenvalue weighted by molar-refractivity contribution is -0.113. The van der Waals surface area contributed by atoms with Gasteiger partial charge >= 0.3 is 0 Å². The molecular formula is C21H15NO2. The number of carbonyl (C=O) groups is 2. The van der Waals surface area contributed by atoms with Crippen molar-refractivity contribution in [1.82, 2.24) is 4.98 Å². The molecule has 0 atom stereocenters. The SMILES string of the molecule is O=C1C=CC(=O)C(c2c(Cc3ccccc3)[nH]c3ccccc23)=C1. The van der Waals surface area contributed by atoms with Gasteiger partial charge in [0.25, 0.3) is 0 Å². The Morgan fingerprint density at radius 3 is 2.42 bits per heavy atom. The van der Waals surface area contributed by atoms with Gasteiger partial charge in [-0.05, 0) is 29.9 Å². The Labute approximate surface area is 139 Å². The first-order chi connectivity index (χ1) is 11.7. The average Bonchev–Trinajstić information content (AvgIpc) is 2.95. The number of hydrogen-bond donors (Lipinski definition) is 1. The zero-order chi connectivity index (χ0) is 16.5. The highest BCUT2D eigenvalue weighted by Crippen LogP contribution is 2.32. The Bertz CT molecular complexity index is 1010. The van der Waals surface area contributed by atoms with E-state index in [0.29, 0.717) is 12.0 Å². The summed E-state index contributed by atoms with van der Waals surface area (Å²) >= 11 is 0. The zero-order valence-corrected chi connectivity index (χ0v) is 13.0. The Kier molecular flexibility index (Phi) is 3.47. The van der Waals surface area contributed by atoms with Gasteiger partial charge in [0.1, 0.15) is 0 Å². The number of nitrogens with one attached hydrogen (secondary N) is 1. The Hall–Kier alpha value is -3.20. The van der Waals surface area contributed by atoms with Gasteiger partial charge in [-0.3, -0.25) is 9.59 Å². The number of aromatic nitrogens is 1. The van der Waals surface area contributed by atoms with Crippen LogP contribution in [0.5, 0.6) is 0 Å². The van der Waals surface area contributed by atoms with Crippen LogP contribution in [0, 0.1) is 0 Å². The number of carbonyl (C=O) groups excluding carboxylic acids is 2. The molecule has 3 aromatic rings. The molecule has 3 heteroatoms. The highest BCUT2D eigenvalue weighted by molar-refractivity contribution is 6.35. The molecule has 1 aliphatic carbocycles. The maximum atomic E-state index is 12.4. The second-order valence-electron chi connectivity index (χ2n) is 5.84. The first-order valence-corrected chi connectivity index (χ1v) is 7.84. The summed E-state index contributed by atoms with van der Waals surface area (Å²) < 4.78 is 0. The summed E-state index contributed by atoms with van der Waals surface area (Å²) in [6.45, 7) is 0. The molecule has 1 aliphatic rings. The number of H-pyrrole nitrogens is 1. The summed E-state index contributed by atoms with van der Waals surface area (Å²) in [5.74, 6) is -0.283. The number of aromatic amines is 1. The van der Waals surface area contributed by atoms with E-state index in [1.165, 1.54) is 18.2 Å². The molecule has 1 N–H and O–H groups in total. The normalized spacial score (nSPS) is 14.2. The molecule has 4 rings (SSSR count). The number of benzene rings is 2. The maximum Gasteiger partial charge on any atom is 0.186 e. The van der Waals surface area contributed by atoms with Crippen LogP contribution in [-0.2, 0) is 16.0 Å². The summed E-state index contributed by atoms with van der Waals surface area (Å²) in [5, 5.41) is 0.964. The van der Waals surface area contributed by atoms with Crippen molar-refractivity contribution in [2.75, 3.05) is 0 Å². The second kappa shape index (κ2) is 5.78. The van der Waals surface area contributed by atoms with E-state index in [9.17, 15) is 9.59 Å². The molecule has 0 amide bonds. The third kappa shape index (κ3) is 2.50. The average molecular weight is 313 g/mol. The predicted octanol–water partition coefficient (Wildman–Crippen LogP) is 3.85. The van der Waals surface area contributed by atoms with Crippen molar-refractivity contribution in [1.29, 1.82) is 0 Å². The van der Waals surface area contributed by atoms with Gasteiger partial charge in [0.2, 0.25) is 0 Å². The van der Waals surface area contributed by atoms with Crippen LogP contribution in [0.4, 0.5) is 0 Å². The van der Waals surface area contributed by atoms with Gasteiger partial charge in [0, 0.05) is 34.2 Å². The Morgan fingerprint density at radius 2 is 1.58 bits per heavy atom. The zero-order valence-electron chi connectivity index (χ0n) is 13.0. The van der Waals surface area contributed by atoms with E-state index in [2.05, 4.69) is 17.1 Å². The van der Waals surface area contributed by atoms with Crippen molar-refractivity contribution in [2.24, 2.45) is 0 Å². The van der Waals surface area contributed by atoms with Crippen LogP contribution in [0.2, 0.25) is 0 Å². The van der Waals surface area contributed by atoms with Crippen molar-refractivity contribution < 1.29 is 9.59 Å². The lowest BCUT2D eigenvalue weighted by atomic mass is 9.92. The quantitative estimate of drug-likeness (QED) is 0.747. The monoisotopic (exact) mass is 313 g/mol. The van der Waals surface area contributed by atoms with Crippen LogP contribution in [-0.4, -0.2) is 16.6 Å². The summed E-state index contributed by atoms with van der Waals surface area (Å²) in [4.78, 5) is 27.6. The van der Waals surface area contributed by atoms with Crippen LogP contribution in [0.15, 0.2) is 72.8 Å². The Balaban J connectivity index is 1.91. The van der Waals surface area contributed by atoms with Crippen LogP contribution >= 0.6 is 0 Å². The molecule has 1 heterocycles. The number of hydrogen-bond acceptors (Lipinski definition) is 2. The van der Waals surface area contributed by atoms with Gasteiger partial charge in [-0.25, -0.2) is 0 Å². The van der Waals surface area contributed by atoms with Gasteiger partial charge in [0.05, 0.1) is 0 Å². The second-order valence-corrected chi connectivity index (χ2v) is 5.84. The van der Waals surface area contributed by atoms with E-state index in [4.69, 9.17) is 0 Å². The fourth-order valence-electron chi connectivity index (χ4n) is 3.14. The fourth-order valence-corrected chi connectivity index (χ4v) is 3.14. The number of para-hydroxylation sites is 1. The first kappa shape index (κ1) is 14.4. The molecule has 0 bridgehead atoms. The lowest BCUT2D eigenvalue weighted by Gasteiger charge is -2.10. The molecule has 0 spiro atoms. The van der Waals surface area contributed by atoms with E-state index >= 15 is 0 Å². The molecule has 0 saturated heterocycles. The van der Waals surface area contributed by atoms with E-state index in [1.54, 1.807) is 0 Å². The molecular weight excluding hydrogens is 298 g/mol. The van der Waals surface area contributed by atoms with Gasteiger partial charge in [-0.1, -0.05) is 48.5 Å². The molecule has 0 radical (unpaired) electrons. The molecule has 116 valence electrons. The predicted molar refractivity (Wildman–Crippen MR) is 94.7 cm³/mol. The molecule has 2 aromatic carbocycles. The molecule has 0 saturated carbocycles. The summed E-state index contributed by atoms with van der Waals surface area (Å²) in [6, 6.07) is 17.9. The third-order valence-electron chi connectivity index (χ3n) is 4.23. The first-order valence-electron chi connectivity index (χ1n) is 7.84. The van der Waals surface area contributed by atoms with Crippen molar-refractivity contribution in [2.45, 2.75) is 6.42 Å². The highest BCUT2D eigenvalue weighted by Gasteiger charge is 2.22. The minimum Gasteiger partial charge on any atom is -0.358 e. The summed E-state index contributed by atoms with van der Waals surface area (Å²) in [7, 11) is 0. The minimum atomic E-state index is -0.152. The van der Waals surface area contributed by atoms with Crippen LogP contribution < -0.4 is 0 Å². The number of fused-ring (bicyclic) bond motifs is 1. The molecule has 0 fully saturated rings. The molecule has 3 nitrogen and oxygen atoms in total. The van der Waals surface area contributed by atoms with E-state index in [0.717, 1.165) is 27.7 Å². The van der Waals surface area contributed by atoms with E-state index in [-0.39, 0.29) is 11.6 Å².